The fraction of sp³-hybridized carbons (Fsp3) is 0.333. The molecule has 3 rings (SSSR count). The first-order chi connectivity index (χ1) is 16.7. The summed E-state index contributed by atoms with van der Waals surface area (Å²) in [6.07, 6.45) is 0.662. The molecule has 0 aliphatic heterocycles. The second kappa shape index (κ2) is 12.6. The number of nitrogens with zero attached hydrogens (tertiary/aromatic N) is 3. The van der Waals surface area contributed by atoms with Crippen LogP contribution in [0.15, 0.2) is 47.6 Å². The molecule has 1 aromatic heterocycles. The number of nitrogens with one attached hydrogen (secondary N) is 2. The quantitative estimate of drug-likeness (QED) is 0.279. The lowest BCUT2D eigenvalue weighted by Crippen LogP contribution is -2.31. The van der Waals surface area contributed by atoms with Gasteiger partial charge in [-0.25, -0.2) is 0 Å². The van der Waals surface area contributed by atoms with Gasteiger partial charge in [-0.2, -0.15) is 0 Å². The molecule has 2 N–H and O–H groups in total. The summed E-state index contributed by atoms with van der Waals surface area (Å²) < 4.78 is 1.91. The van der Waals surface area contributed by atoms with Gasteiger partial charge in [-0.15, -0.1) is 10.2 Å². The smallest absolute Gasteiger partial charge is 0.253 e. The predicted octanol–water partition coefficient (Wildman–Crippen LogP) is 6.51. The highest BCUT2D eigenvalue weighted by Gasteiger charge is 2.25. The van der Waals surface area contributed by atoms with Gasteiger partial charge in [0.2, 0.25) is 5.91 Å². The molecule has 35 heavy (non-hydrogen) atoms. The zero-order chi connectivity index (χ0) is 25.5. The van der Waals surface area contributed by atoms with E-state index in [0.717, 1.165) is 0 Å². The number of hydrogen-bond donors (Lipinski definition) is 2. The van der Waals surface area contributed by atoms with E-state index in [-0.39, 0.29) is 23.6 Å². The maximum atomic E-state index is 12.9. The molecule has 0 saturated carbocycles. The summed E-state index contributed by atoms with van der Waals surface area (Å²) in [5.41, 5.74) is 0.919. The number of amides is 2. The van der Waals surface area contributed by atoms with Crippen molar-refractivity contribution in [1.29, 1.82) is 0 Å². The summed E-state index contributed by atoms with van der Waals surface area (Å²) in [6.45, 7) is 6.69. The van der Waals surface area contributed by atoms with Gasteiger partial charge in [0.05, 0.1) is 22.4 Å². The highest BCUT2D eigenvalue weighted by Crippen LogP contribution is 2.27. The lowest BCUT2D eigenvalue weighted by Gasteiger charge is -2.21. The molecular weight excluding hydrogens is 529 g/mol. The van der Waals surface area contributed by atoms with Gasteiger partial charge in [-0.3, -0.25) is 9.59 Å². The van der Waals surface area contributed by atoms with Crippen molar-refractivity contribution in [2.45, 2.75) is 44.9 Å². The van der Waals surface area contributed by atoms with Crippen molar-refractivity contribution in [2.24, 2.45) is 5.92 Å². The Balaban J connectivity index is 1.74. The van der Waals surface area contributed by atoms with Crippen LogP contribution in [0.5, 0.6) is 0 Å². The van der Waals surface area contributed by atoms with E-state index in [9.17, 15) is 9.59 Å². The molecule has 3 aromatic rings. The molecule has 1 atom stereocenters. The number of carbonyl (C=O) groups is 2. The summed E-state index contributed by atoms with van der Waals surface area (Å²) in [7, 11) is 0. The second-order valence-corrected chi connectivity index (χ2v) is 10.4. The zero-order valence-electron chi connectivity index (χ0n) is 19.5. The fourth-order valence-corrected chi connectivity index (χ4v) is 5.05. The van der Waals surface area contributed by atoms with E-state index in [0.29, 0.717) is 56.2 Å². The average molecular weight is 555 g/mol. The summed E-state index contributed by atoms with van der Waals surface area (Å²) in [6, 6.07) is 11.4. The van der Waals surface area contributed by atoms with E-state index in [1.54, 1.807) is 42.5 Å². The number of rotatable bonds is 10. The average Bonchev–Trinajstić information content (AvgIpc) is 3.19. The van der Waals surface area contributed by atoms with Crippen molar-refractivity contribution in [1.82, 2.24) is 20.1 Å². The standard InChI is InChI=1S/C24H26Cl3N5O2S/c1-4-32-22(20(9-14(2)3)29-23(34)18-7-5-6-8-19(18)27)30-31-24(32)35-13-21(33)28-17-11-15(25)10-16(26)12-17/h5-8,10-12,14,20H,4,9,13H2,1-3H3,(H,28,33)(H,29,34)/t20-/m0/s1. The van der Waals surface area contributed by atoms with E-state index in [1.165, 1.54) is 11.8 Å². The Morgan fingerprint density at radius 1 is 1.06 bits per heavy atom. The number of hydrogen-bond acceptors (Lipinski definition) is 5. The summed E-state index contributed by atoms with van der Waals surface area (Å²) in [4.78, 5) is 25.4. The first-order valence-corrected chi connectivity index (χ1v) is 13.2. The Hall–Kier alpha value is -2.26. The van der Waals surface area contributed by atoms with E-state index < -0.39 is 0 Å². The van der Waals surface area contributed by atoms with Crippen LogP contribution in [0.3, 0.4) is 0 Å². The maximum Gasteiger partial charge on any atom is 0.253 e. The van der Waals surface area contributed by atoms with Gasteiger partial charge in [0.15, 0.2) is 11.0 Å². The molecule has 0 spiro atoms. The van der Waals surface area contributed by atoms with E-state index in [1.807, 2.05) is 11.5 Å². The fourth-order valence-electron chi connectivity index (χ4n) is 3.50. The molecule has 0 fully saturated rings. The molecule has 0 aliphatic rings. The van der Waals surface area contributed by atoms with Gasteiger partial charge in [0.1, 0.15) is 0 Å². The summed E-state index contributed by atoms with van der Waals surface area (Å²) >= 11 is 19.5. The number of thioether (sulfide) groups is 1. The van der Waals surface area contributed by atoms with Crippen molar-refractivity contribution in [3.8, 4) is 0 Å². The Labute approximate surface area is 223 Å². The number of halogens is 3. The Kier molecular flexibility index (Phi) is 9.86. The third-order valence-corrected chi connectivity index (χ3v) is 6.72. The monoisotopic (exact) mass is 553 g/mol. The van der Waals surface area contributed by atoms with Crippen molar-refractivity contribution >= 4 is 64.1 Å². The minimum atomic E-state index is -0.372. The van der Waals surface area contributed by atoms with Crippen LogP contribution in [-0.2, 0) is 11.3 Å². The SMILES string of the molecule is CCn1c(SCC(=O)Nc2cc(Cl)cc(Cl)c2)nnc1[C@H](CC(C)C)NC(=O)c1ccccc1Cl. The van der Waals surface area contributed by atoms with Crippen molar-refractivity contribution in [2.75, 3.05) is 11.1 Å². The molecule has 186 valence electrons. The van der Waals surface area contributed by atoms with Crippen molar-refractivity contribution < 1.29 is 9.59 Å². The topological polar surface area (TPSA) is 88.9 Å². The molecule has 11 heteroatoms. The molecule has 0 saturated heterocycles. The van der Waals surface area contributed by atoms with Gasteiger partial charge in [-0.1, -0.05) is 72.5 Å². The minimum absolute atomic E-state index is 0.114. The number of benzene rings is 2. The molecule has 0 unspecified atom stereocenters. The van der Waals surface area contributed by atoms with Crippen LogP contribution in [0.1, 0.15) is 49.4 Å². The van der Waals surface area contributed by atoms with Gasteiger partial charge < -0.3 is 15.2 Å². The second-order valence-electron chi connectivity index (χ2n) is 8.22. The third-order valence-electron chi connectivity index (χ3n) is 4.98. The highest BCUT2D eigenvalue weighted by molar-refractivity contribution is 7.99. The van der Waals surface area contributed by atoms with Crippen LogP contribution in [0.4, 0.5) is 5.69 Å². The number of anilines is 1. The van der Waals surface area contributed by atoms with E-state index in [2.05, 4.69) is 34.7 Å². The molecule has 2 amide bonds. The van der Waals surface area contributed by atoms with Gasteiger partial charge in [0.25, 0.3) is 5.91 Å². The maximum absolute atomic E-state index is 12.9. The van der Waals surface area contributed by atoms with Crippen LogP contribution in [-0.4, -0.2) is 32.3 Å². The van der Waals surface area contributed by atoms with Crippen molar-refractivity contribution in [3.63, 3.8) is 0 Å². The largest absolute Gasteiger partial charge is 0.342 e. The van der Waals surface area contributed by atoms with Crippen molar-refractivity contribution in [3.05, 3.63) is 68.9 Å². The predicted molar refractivity (Wildman–Crippen MR) is 143 cm³/mol. The summed E-state index contributed by atoms with van der Waals surface area (Å²) in [5, 5.41) is 16.3. The molecular formula is C24H26Cl3N5O2S. The van der Waals surface area contributed by atoms with E-state index >= 15 is 0 Å². The van der Waals surface area contributed by atoms with Gasteiger partial charge in [-0.05, 0) is 49.6 Å². The van der Waals surface area contributed by atoms with Gasteiger partial charge in [0, 0.05) is 22.3 Å². The molecule has 0 aliphatic carbocycles. The van der Waals surface area contributed by atoms with Gasteiger partial charge >= 0.3 is 0 Å². The lowest BCUT2D eigenvalue weighted by atomic mass is 10.0. The Bertz CT molecular complexity index is 1180. The number of carbonyl (C=O) groups excluding carboxylic acids is 2. The molecule has 0 bridgehead atoms. The zero-order valence-corrected chi connectivity index (χ0v) is 22.6. The van der Waals surface area contributed by atoms with E-state index in [4.69, 9.17) is 34.8 Å². The Morgan fingerprint density at radius 3 is 2.37 bits per heavy atom. The van der Waals surface area contributed by atoms with Crippen LogP contribution < -0.4 is 10.6 Å². The third kappa shape index (κ3) is 7.61. The van der Waals surface area contributed by atoms with Crippen LogP contribution in [0.2, 0.25) is 15.1 Å². The normalized spacial score (nSPS) is 12.0. The minimum Gasteiger partial charge on any atom is -0.342 e. The first-order valence-electron chi connectivity index (χ1n) is 11.0. The van der Waals surface area contributed by atoms with Crippen LogP contribution in [0, 0.1) is 5.92 Å². The number of aromatic nitrogens is 3. The molecule has 7 nitrogen and oxygen atoms in total. The van der Waals surface area contributed by atoms with Crippen LogP contribution >= 0.6 is 46.6 Å². The first kappa shape index (κ1) is 27.3. The lowest BCUT2D eigenvalue weighted by molar-refractivity contribution is -0.113. The molecule has 1 heterocycles. The van der Waals surface area contributed by atoms with Crippen LogP contribution in [0.25, 0.3) is 0 Å². The molecule has 0 radical (unpaired) electrons. The highest BCUT2D eigenvalue weighted by atomic mass is 35.5. The summed E-state index contributed by atoms with van der Waals surface area (Å²) in [5.74, 6) is 0.529. The molecule has 2 aromatic carbocycles. The Morgan fingerprint density at radius 2 is 1.74 bits per heavy atom.